The Morgan fingerprint density at radius 1 is 1.11 bits per heavy atom. The number of nitro benzene ring substituents is 1. The number of esters is 1. The second-order valence-corrected chi connectivity index (χ2v) is 5.90. The van der Waals surface area contributed by atoms with Gasteiger partial charge in [-0.15, -0.1) is 0 Å². The molecule has 0 heterocycles. The first kappa shape index (κ1) is 20.1. The van der Waals surface area contributed by atoms with Crippen molar-refractivity contribution in [1.82, 2.24) is 0 Å². The maximum atomic E-state index is 12.7. The van der Waals surface area contributed by atoms with Gasteiger partial charge in [-0.2, -0.15) is 0 Å². The first-order chi connectivity index (χ1) is 13.0. The summed E-state index contributed by atoms with van der Waals surface area (Å²) in [6, 6.07) is 13.1. The lowest BCUT2D eigenvalue weighted by atomic mass is 10.1. The van der Waals surface area contributed by atoms with Crippen molar-refractivity contribution in [2.45, 2.75) is 33.2 Å². The summed E-state index contributed by atoms with van der Waals surface area (Å²) in [6.45, 7) is 3.90. The molecular formula is C20H22N2O5. The zero-order valence-electron chi connectivity index (χ0n) is 15.4. The van der Waals surface area contributed by atoms with Crippen LogP contribution in [0.5, 0.6) is 0 Å². The van der Waals surface area contributed by atoms with Gasteiger partial charge in [-0.3, -0.25) is 14.9 Å². The lowest BCUT2D eigenvalue weighted by Crippen LogP contribution is -2.31. The van der Waals surface area contributed by atoms with Gasteiger partial charge in [-0.05, 0) is 31.0 Å². The van der Waals surface area contributed by atoms with Gasteiger partial charge in [0, 0.05) is 12.5 Å². The van der Waals surface area contributed by atoms with Crippen LogP contribution in [-0.2, 0) is 16.1 Å². The molecule has 0 aliphatic heterocycles. The predicted octanol–water partition coefficient (Wildman–Crippen LogP) is 4.10. The lowest BCUT2D eigenvalue weighted by molar-refractivity contribution is -0.384. The Kier molecular flexibility index (Phi) is 7.05. The fourth-order valence-electron chi connectivity index (χ4n) is 2.66. The molecule has 0 saturated carbocycles. The summed E-state index contributed by atoms with van der Waals surface area (Å²) in [4.78, 5) is 37.1. The molecule has 0 aliphatic rings. The highest BCUT2D eigenvalue weighted by Crippen LogP contribution is 2.31. The Balaban J connectivity index is 2.53. The number of hydrogen-bond donors (Lipinski definition) is 0. The minimum atomic E-state index is -0.587. The first-order valence-corrected chi connectivity index (χ1v) is 8.77. The van der Waals surface area contributed by atoms with Gasteiger partial charge in [-0.25, -0.2) is 4.79 Å². The minimum absolute atomic E-state index is 0.0906. The second-order valence-electron chi connectivity index (χ2n) is 5.90. The number of benzene rings is 2. The highest BCUT2D eigenvalue weighted by Gasteiger charge is 2.26. The molecule has 0 fully saturated rings. The standard InChI is InChI=1S/C20H22N2O5/c1-3-8-19(23)21(14-15-9-6-5-7-10-15)18-13-16(20(24)27-4-2)11-12-17(18)22(25)26/h5-7,9-13H,3-4,8,14H2,1-2H3. The molecule has 142 valence electrons. The van der Waals surface area contributed by atoms with E-state index in [9.17, 15) is 19.7 Å². The van der Waals surface area contributed by atoms with Gasteiger partial charge in [0.1, 0.15) is 5.69 Å². The Bertz CT molecular complexity index is 820. The average Bonchev–Trinajstić information content (AvgIpc) is 2.66. The van der Waals surface area contributed by atoms with E-state index in [-0.39, 0.29) is 42.4 Å². The van der Waals surface area contributed by atoms with Crippen LogP contribution < -0.4 is 4.90 Å². The zero-order chi connectivity index (χ0) is 19.8. The number of nitro groups is 1. The van der Waals surface area contributed by atoms with Crippen LogP contribution in [-0.4, -0.2) is 23.4 Å². The monoisotopic (exact) mass is 370 g/mol. The third-order valence-electron chi connectivity index (χ3n) is 3.92. The molecular weight excluding hydrogens is 348 g/mol. The Morgan fingerprint density at radius 2 is 1.81 bits per heavy atom. The molecule has 0 spiro atoms. The van der Waals surface area contributed by atoms with Crippen LogP contribution >= 0.6 is 0 Å². The fraction of sp³-hybridized carbons (Fsp3) is 0.300. The lowest BCUT2D eigenvalue weighted by Gasteiger charge is -2.23. The fourth-order valence-corrected chi connectivity index (χ4v) is 2.66. The summed E-state index contributed by atoms with van der Waals surface area (Å²) in [7, 11) is 0. The van der Waals surface area contributed by atoms with Crippen molar-refractivity contribution in [2.24, 2.45) is 0 Å². The van der Waals surface area contributed by atoms with Gasteiger partial charge in [-0.1, -0.05) is 37.3 Å². The van der Waals surface area contributed by atoms with Crippen molar-refractivity contribution in [3.8, 4) is 0 Å². The van der Waals surface area contributed by atoms with E-state index in [1.807, 2.05) is 37.3 Å². The molecule has 0 bridgehead atoms. The van der Waals surface area contributed by atoms with Crippen LogP contribution in [0.1, 0.15) is 42.6 Å². The highest BCUT2D eigenvalue weighted by molar-refractivity contribution is 5.98. The van der Waals surface area contributed by atoms with Gasteiger partial charge < -0.3 is 9.64 Å². The highest BCUT2D eigenvalue weighted by atomic mass is 16.6. The molecule has 1 amide bonds. The molecule has 2 aromatic carbocycles. The summed E-state index contributed by atoms with van der Waals surface area (Å²) in [5.41, 5.74) is 0.855. The molecule has 0 N–H and O–H groups in total. The summed E-state index contributed by atoms with van der Waals surface area (Å²) in [6.07, 6.45) is 0.850. The van der Waals surface area contributed by atoms with Gasteiger partial charge in [0.15, 0.2) is 0 Å². The number of hydrogen-bond acceptors (Lipinski definition) is 5. The predicted molar refractivity (Wildman–Crippen MR) is 102 cm³/mol. The second kappa shape index (κ2) is 9.47. The Labute approximate surface area is 157 Å². The van der Waals surface area contributed by atoms with E-state index in [1.165, 1.54) is 23.1 Å². The van der Waals surface area contributed by atoms with E-state index >= 15 is 0 Å². The van der Waals surface area contributed by atoms with E-state index in [0.717, 1.165) is 5.56 Å². The Morgan fingerprint density at radius 3 is 2.41 bits per heavy atom. The van der Waals surface area contributed by atoms with Crippen LogP contribution in [0, 0.1) is 10.1 Å². The number of anilines is 1. The molecule has 0 atom stereocenters. The van der Waals surface area contributed by atoms with Crippen molar-refractivity contribution in [3.05, 3.63) is 69.8 Å². The van der Waals surface area contributed by atoms with Crippen molar-refractivity contribution < 1.29 is 19.2 Å². The molecule has 2 rings (SSSR count). The molecule has 0 aromatic heterocycles. The maximum absolute atomic E-state index is 12.7. The van der Waals surface area contributed by atoms with Crippen molar-refractivity contribution in [3.63, 3.8) is 0 Å². The van der Waals surface area contributed by atoms with Crippen molar-refractivity contribution in [2.75, 3.05) is 11.5 Å². The zero-order valence-corrected chi connectivity index (χ0v) is 15.4. The van der Waals surface area contributed by atoms with E-state index in [4.69, 9.17) is 4.74 Å². The molecule has 0 unspecified atom stereocenters. The normalized spacial score (nSPS) is 10.3. The molecule has 0 saturated heterocycles. The molecule has 27 heavy (non-hydrogen) atoms. The summed E-state index contributed by atoms with van der Waals surface area (Å²) < 4.78 is 4.98. The Hall–Kier alpha value is -3.22. The van der Waals surface area contributed by atoms with E-state index in [1.54, 1.807) is 6.92 Å². The number of nitrogens with zero attached hydrogens (tertiary/aromatic N) is 2. The van der Waals surface area contributed by atoms with Gasteiger partial charge in [0.05, 0.1) is 23.6 Å². The van der Waals surface area contributed by atoms with E-state index in [2.05, 4.69) is 0 Å². The largest absolute Gasteiger partial charge is 0.462 e. The number of amides is 1. The topological polar surface area (TPSA) is 89.8 Å². The van der Waals surface area contributed by atoms with Crippen LogP contribution in [0.4, 0.5) is 11.4 Å². The molecule has 2 aromatic rings. The number of rotatable bonds is 8. The third kappa shape index (κ3) is 5.13. The summed E-state index contributed by atoms with van der Waals surface area (Å²) >= 11 is 0. The number of ether oxygens (including phenoxy) is 1. The molecule has 0 radical (unpaired) electrons. The summed E-state index contributed by atoms with van der Waals surface area (Å²) in [5.74, 6) is -0.832. The van der Waals surface area contributed by atoms with Crippen molar-refractivity contribution in [1.29, 1.82) is 0 Å². The SMILES string of the molecule is CCCC(=O)N(Cc1ccccc1)c1cc(C(=O)OCC)ccc1[N+](=O)[O-]. The quantitative estimate of drug-likeness (QED) is 0.396. The number of carbonyl (C=O) groups is 2. The molecule has 0 aliphatic carbocycles. The van der Waals surface area contributed by atoms with Gasteiger partial charge in [0.25, 0.3) is 5.69 Å². The minimum Gasteiger partial charge on any atom is -0.462 e. The smallest absolute Gasteiger partial charge is 0.338 e. The van der Waals surface area contributed by atoms with Crippen LogP contribution in [0.3, 0.4) is 0 Å². The molecule has 7 nitrogen and oxygen atoms in total. The van der Waals surface area contributed by atoms with E-state index in [0.29, 0.717) is 6.42 Å². The van der Waals surface area contributed by atoms with Crippen LogP contribution in [0.25, 0.3) is 0 Å². The first-order valence-electron chi connectivity index (χ1n) is 8.77. The van der Waals surface area contributed by atoms with Crippen LogP contribution in [0.2, 0.25) is 0 Å². The van der Waals surface area contributed by atoms with E-state index < -0.39 is 10.9 Å². The number of carbonyl (C=O) groups excluding carboxylic acids is 2. The van der Waals surface area contributed by atoms with Crippen LogP contribution in [0.15, 0.2) is 48.5 Å². The summed E-state index contributed by atoms with van der Waals surface area (Å²) in [5, 5.41) is 11.5. The average molecular weight is 370 g/mol. The van der Waals surface area contributed by atoms with Crippen molar-refractivity contribution >= 4 is 23.3 Å². The van der Waals surface area contributed by atoms with Gasteiger partial charge >= 0.3 is 5.97 Å². The van der Waals surface area contributed by atoms with Gasteiger partial charge in [0.2, 0.25) is 5.91 Å². The maximum Gasteiger partial charge on any atom is 0.338 e. The molecule has 7 heteroatoms. The third-order valence-corrected chi connectivity index (χ3v) is 3.92.